The Morgan fingerprint density at radius 2 is 1.54 bits per heavy atom. The lowest BCUT2D eigenvalue weighted by Crippen LogP contribution is -2.49. The summed E-state index contributed by atoms with van der Waals surface area (Å²) in [6.07, 6.45) is 0. The molecule has 0 saturated carbocycles. The van der Waals surface area contributed by atoms with Gasteiger partial charge in [0.05, 0.1) is 10.6 Å². The van der Waals surface area contributed by atoms with E-state index in [9.17, 15) is 22.4 Å². The molecule has 0 spiro atoms. The average molecular weight is 405 g/mol. The third-order valence-corrected chi connectivity index (χ3v) is 5.62. The molecule has 2 aromatic rings. The molecule has 148 valence electrons. The van der Waals surface area contributed by atoms with Gasteiger partial charge in [0.1, 0.15) is 5.82 Å². The zero-order valence-electron chi connectivity index (χ0n) is 15.3. The second kappa shape index (κ2) is 7.69. The maximum absolute atomic E-state index is 14.3. The fraction of sp³-hybridized carbons (Fsp3) is 0.263. The molecule has 1 heterocycles. The van der Waals surface area contributed by atoms with Crippen LogP contribution in [0.4, 0.5) is 10.1 Å². The fourth-order valence-corrected chi connectivity index (χ4v) is 3.62. The van der Waals surface area contributed by atoms with Crippen LogP contribution in [0, 0.1) is 5.82 Å². The molecular weight excluding hydrogens is 385 g/mol. The number of ketones is 1. The van der Waals surface area contributed by atoms with Gasteiger partial charge in [-0.2, -0.15) is 0 Å². The van der Waals surface area contributed by atoms with Gasteiger partial charge in [0.15, 0.2) is 5.78 Å². The van der Waals surface area contributed by atoms with E-state index < -0.39 is 15.8 Å². The summed E-state index contributed by atoms with van der Waals surface area (Å²) in [5.74, 6) is -0.895. The SMILES string of the molecule is CC(=O)c1ccc(N2CCN(C(=O)c3ccc(S(N)(=O)=O)cc3)CC2)c(F)c1. The number of nitrogens with two attached hydrogens (primary N) is 1. The Morgan fingerprint density at radius 1 is 0.964 bits per heavy atom. The maximum atomic E-state index is 14.3. The number of primary sulfonamides is 1. The molecule has 1 amide bonds. The van der Waals surface area contributed by atoms with Gasteiger partial charge in [-0.15, -0.1) is 0 Å². The molecule has 0 bridgehead atoms. The predicted octanol–water partition coefficient (Wildman–Crippen LogP) is 1.64. The molecule has 7 nitrogen and oxygen atoms in total. The Labute approximate surface area is 162 Å². The molecule has 2 N–H and O–H groups in total. The van der Waals surface area contributed by atoms with Crippen molar-refractivity contribution in [3.05, 3.63) is 59.4 Å². The van der Waals surface area contributed by atoms with Crippen molar-refractivity contribution in [2.24, 2.45) is 5.14 Å². The average Bonchev–Trinajstić information content (AvgIpc) is 2.67. The largest absolute Gasteiger partial charge is 0.366 e. The number of nitrogens with zero attached hydrogens (tertiary/aromatic N) is 2. The second-order valence-electron chi connectivity index (χ2n) is 6.57. The number of piperazine rings is 1. The first-order valence-corrected chi connectivity index (χ1v) is 10.2. The van der Waals surface area contributed by atoms with Crippen LogP contribution in [0.1, 0.15) is 27.6 Å². The molecule has 0 unspecified atom stereocenters. The van der Waals surface area contributed by atoms with E-state index in [0.717, 1.165) is 0 Å². The molecule has 2 aromatic carbocycles. The Hall–Kier alpha value is -2.78. The summed E-state index contributed by atoms with van der Waals surface area (Å²) in [5, 5.41) is 5.06. The summed E-state index contributed by atoms with van der Waals surface area (Å²) < 4.78 is 36.9. The van der Waals surface area contributed by atoms with Crippen molar-refractivity contribution in [3.8, 4) is 0 Å². The van der Waals surface area contributed by atoms with Crippen LogP contribution in [0.3, 0.4) is 0 Å². The number of carbonyl (C=O) groups excluding carboxylic acids is 2. The van der Waals surface area contributed by atoms with Crippen LogP contribution in [-0.4, -0.2) is 51.2 Å². The Morgan fingerprint density at radius 3 is 2.04 bits per heavy atom. The van der Waals surface area contributed by atoms with E-state index in [1.165, 1.54) is 37.3 Å². The fourth-order valence-electron chi connectivity index (χ4n) is 3.10. The molecule has 1 aliphatic rings. The predicted molar refractivity (Wildman–Crippen MR) is 102 cm³/mol. The van der Waals surface area contributed by atoms with Gasteiger partial charge in [0.25, 0.3) is 5.91 Å². The first kappa shape index (κ1) is 20.0. The summed E-state index contributed by atoms with van der Waals surface area (Å²) in [4.78, 5) is 27.4. The van der Waals surface area contributed by atoms with Gasteiger partial charge in [-0.25, -0.2) is 17.9 Å². The van der Waals surface area contributed by atoms with Gasteiger partial charge >= 0.3 is 0 Å². The van der Waals surface area contributed by atoms with E-state index in [2.05, 4.69) is 0 Å². The maximum Gasteiger partial charge on any atom is 0.253 e. The van der Waals surface area contributed by atoms with E-state index in [4.69, 9.17) is 5.14 Å². The van der Waals surface area contributed by atoms with Gasteiger partial charge < -0.3 is 9.80 Å². The summed E-state index contributed by atoms with van der Waals surface area (Å²) >= 11 is 0. The van der Waals surface area contributed by atoms with Crippen LogP contribution >= 0.6 is 0 Å². The van der Waals surface area contributed by atoms with Crippen molar-refractivity contribution < 1.29 is 22.4 Å². The normalized spacial score (nSPS) is 14.8. The summed E-state index contributed by atoms with van der Waals surface area (Å²) in [5.41, 5.74) is 1.07. The highest BCUT2D eigenvalue weighted by Crippen LogP contribution is 2.23. The molecule has 0 aromatic heterocycles. The lowest BCUT2D eigenvalue weighted by molar-refractivity contribution is 0.0746. The minimum Gasteiger partial charge on any atom is -0.366 e. The minimum absolute atomic E-state index is 0.0571. The Kier molecular flexibility index (Phi) is 5.48. The van der Waals surface area contributed by atoms with Crippen LogP contribution < -0.4 is 10.0 Å². The lowest BCUT2D eigenvalue weighted by atomic mass is 10.1. The van der Waals surface area contributed by atoms with Crippen LogP contribution in [0.15, 0.2) is 47.4 Å². The second-order valence-corrected chi connectivity index (χ2v) is 8.13. The van der Waals surface area contributed by atoms with Crippen molar-refractivity contribution in [3.63, 3.8) is 0 Å². The van der Waals surface area contributed by atoms with Crippen molar-refractivity contribution in [1.29, 1.82) is 0 Å². The van der Waals surface area contributed by atoms with Crippen LogP contribution in [-0.2, 0) is 10.0 Å². The minimum atomic E-state index is -3.81. The molecule has 3 rings (SSSR count). The van der Waals surface area contributed by atoms with Crippen molar-refractivity contribution in [1.82, 2.24) is 4.90 Å². The first-order valence-electron chi connectivity index (χ1n) is 8.64. The summed E-state index contributed by atoms with van der Waals surface area (Å²) in [7, 11) is -3.81. The molecule has 1 fully saturated rings. The monoisotopic (exact) mass is 405 g/mol. The number of amides is 1. The van der Waals surface area contributed by atoms with Gasteiger partial charge in [0.2, 0.25) is 10.0 Å². The van der Waals surface area contributed by atoms with Crippen LogP contribution in [0.5, 0.6) is 0 Å². The number of rotatable bonds is 4. The van der Waals surface area contributed by atoms with E-state index in [1.54, 1.807) is 17.0 Å². The van der Waals surface area contributed by atoms with E-state index in [1.807, 2.05) is 4.90 Å². The standard InChI is InChI=1S/C19H20FN3O4S/c1-13(24)15-4-7-18(17(20)12-15)22-8-10-23(11-9-22)19(25)14-2-5-16(6-3-14)28(21,26)27/h2-7,12H,8-11H2,1H3,(H2,21,26,27). The summed E-state index contributed by atoms with van der Waals surface area (Å²) in [6, 6.07) is 9.84. The lowest BCUT2D eigenvalue weighted by Gasteiger charge is -2.36. The molecule has 0 radical (unpaired) electrons. The van der Waals surface area contributed by atoms with Crippen molar-refractivity contribution in [2.45, 2.75) is 11.8 Å². The zero-order valence-corrected chi connectivity index (χ0v) is 16.1. The third kappa shape index (κ3) is 4.20. The number of hydrogen-bond acceptors (Lipinski definition) is 5. The highest BCUT2D eigenvalue weighted by atomic mass is 32.2. The summed E-state index contributed by atoms with van der Waals surface area (Å²) in [6.45, 7) is 3.05. The molecule has 0 aliphatic carbocycles. The molecule has 1 saturated heterocycles. The zero-order chi connectivity index (χ0) is 20.5. The van der Waals surface area contributed by atoms with Gasteiger partial charge in [-0.05, 0) is 49.4 Å². The topological polar surface area (TPSA) is 101 Å². The molecule has 28 heavy (non-hydrogen) atoms. The Bertz CT molecular complexity index is 1010. The van der Waals surface area contributed by atoms with Crippen LogP contribution in [0.2, 0.25) is 0 Å². The first-order chi connectivity index (χ1) is 13.2. The van der Waals surface area contributed by atoms with Gasteiger partial charge in [-0.3, -0.25) is 9.59 Å². The molecule has 0 atom stereocenters. The number of benzene rings is 2. The highest BCUT2D eigenvalue weighted by molar-refractivity contribution is 7.89. The molecular formula is C19H20FN3O4S. The highest BCUT2D eigenvalue weighted by Gasteiger charge is 2.24. The smallest absolute Gasteiger partial charge is 0.253 e. The van der Waals surface area contributed by atoms with E-state index >= 15 is 0 Å². The van der Waals surface area contributed by atoms with E-state index in [-0.39, 0.29) is 16.6 Å². The number of anilines is 1. The van der Waals surface area contributed by atoms with Crippen LogP contribution in [0.25, 0.3) is 0 Å². The van der Waals surface area contributed by atoms with E-state index in [0.29, 0.717) is 43.0 Å². The number of Topliss-reactive ketones (excluding diaryl/α,β-unsaturated/α-hetero) is 1. The number of carbonyl (C=O) groups is 2. The van der Waals surface area contributed by atoms with Crippen molar-refractivity contribution in [2.75, 3.05) is 31.1 Å². The number of hydrogen-bond donors (Lipinski definition) is 1. The molecule has 9 heteroatoms. The number of halogens is 1. The Balaban J connectivity index is 1.67. The van der Waals surface area contributed by atoms with Crippen molar-refractivity contribution >= 4 is 27.4 Å². The quantitative estimate of drug-likeness (QED) is 0.780. The number of sulfonamides is 1. The third-order valence-electron chi connectivity index (χ3n) is 4.69. The van der Waals surface area contributed by atoms with Gasteiger partial charge in [0, 0.05) is 37.3 Å². The molecule has 1 aliphatic heterocycles. The van der Waals surface area contributed by atoms with Gasteiger partial charge in [-0.1, -0.05) is 0 Å².